The number of rotatable bonds is 7. The molecule has 0 saturated heterocycles. The SMILES string of the molecule is C#Cc1ccc(N(CCOC(C)=O)CCOC(C)=O)cc1. The van der Waals surface area contributed by atoms with E-state index in [1.165, 1.54) is 13.8 Å². The van der Waals surface area contributed by atoms with Gasteiger partial charge in [0, 0.05) is 25.1 Å². The van der Waals surface area contributed by atoms with E-state index in [1.807, 2.05) is 29.2 Å². The summed E-state index contributed by atoms with van der Waals surface area (Å²) >= 11 is 0. The van der Waals surface area contributed by atoms with Gasteiger partial charge in [-0.25, -0.2) is 0 Å². The minimum atomic E-state index is -0.322. The van der Waals surface area contributed by atoms with Gasteiger partial charge in [0.2, 0.25) is 0 Å². The molecular formula is C16H19NO4. The zero-order chi connectivity index (χ0) is 15.7. The Balaban J connectivity index is 2.66. The molecule has 1 rings (SSSR count). The number of carbonyl (C=O) groups is 2. The lowest BCUT2D eigenvalue weighted by Gasteiger charge is -2.24. The number of carbonyl (C=O) groups excluding carboxylic acids is 2. The first-order chi connectivity index (χ1) is 10.0. The summed E-state index contributed by atoms with van der Waals surface area (Å²) in [5.41, 5.74) is 1.71. The van der Waals surface area contributed by atoms with Crippen LogP contribution in [0.25, 0.3) is 0 Å². The molecule has 112 valence electrons. The third kappa shape index (κ3) is 6.48. The van der Waals surface area contributed by atoms with Crippen molar-refractivity contribution in [3.05, 3.63) is 29.8 Å². The lowest BCUT2D eigenvalue weighted by atomic mass is 10.2. The standard InChI is InChI=1S/C16H19NO4/c1-4-15-5-7-16(8-6-15)17(9-11-20-13(2)18)10-12-21-14(3)19/h1,5-8H,9-12H2,2-3H3. The second kappa shape index (κ2) is 8.64. The Kier molecular flexibility index (Phi) is 6.82. The maximum Gasteiger partial charge on any atom is 0.302 e. The highest BCUT2D eigenvalue weighted by atomic mass is 16.5. The summed E-state index contributed by atoms with van der Waals surface area (Å²) in [6.07, 6.45) is 5.32. The molecule has 21 heavy (non-hydrogen) atoms. The molecule has 0 bridgehead atoms. The number of anilines is 1. The van der Waals surface area contributed by atoms with Crippen LogP contribution in [-0.4, -0.2) is 38.2 Å². The fourth-order valence-electron chi connectivity index (χ4n) is 1.74. The highest BCUT2D eigenvalue weighted by Gasteiger charge is 2.08. The number of hydrogen-bond donors (Lipinski definition) is 0. The molecule has 0 aliphatic heterocycles. The number of hydrogen-bond acceptors (Lipinski definition) is 5. The molecule has 0 aromatic heterocycles. The van der Waals surface area contributed by atoms with Gasteiger partial charge in [0.05, 0.1) is 13.1 Å². The molecule has 0 amide bonds. The zero-order valence-corrected chi connectivity index (χ0v) is 12.3. The summed E-state index contributed by atoms with van der Waals surface area (Å²) < 4.78 is 9.89. The largest absolute Gasteiger partial charge is 0.464 e. The Hall–Kier alpha value is -2.48. The normalized spacial score (nSPS) is 9.57. The van der Waals surface area contributed by atoms with Crippen molar-refractivity contribution in [1.82, 2.24) is 0 Å². The van der Waals surface area contributed by atoms with Crippen molar-refractivity contribution >= 4 is 17.6 Å². The van der Waals surface area contributed by atoms with Gasteiger partial charge >= 0.3 is 11.9 Å². The van der Waals surface area contributed by atoms with Gasteiger partial charge in [0.1, 0.15) is 13.2 Å². The van der Waals surface area contributed by atoms with Gasteiger partial charge in [-0.1, -0.05) is 5.92 Å². The fourth-order valence-corrected chi connectivity index (χ4v) is 1.74. The summed E-state index contributed by atoms with van der Waals surface area (Å²) in [6.45, 7) is 4.29. The quantitative estimate of drug-likeness (QED) is 0.564. The van der Waals surface area contributed by atoms with E-state index >= 15 is 0 Å². The highest BCUT2D eigenvalue weighted by molar-refractivity contribution is 5.66. The molecule has 0 saturated carbocycles. The van der Waals surface area contributed by atoms with Crippen LogP contribution in [0.2, 0.25) is 0 Å². The van der Waals surface area contributed by atoms with Gasteiger partial charge in [-0.2, -0.15) is 0 Å². The van der Waals surface area contributed by atoms with Crippen LogP contribution in [0, 0.1) is 12.3 Å². The van der Waals surface area contributed by atoms with E-state index in [9.17, 15) is 9.59 Å². The Labute approximate surface area is 124 Å². The first-order valence-electron chi connectivity index (χ1n) is 6.61. The van der Waals surface area contributed by atoms with E-state index in [0.717, 1.165) is 11.3 Å². The van der Waals surface area contributed by atoms with Crippen LogP contribution in [0.3, 0.4) is 0 Å². The van der Waals surface area contributed by atoms with Crippen LogP contribution < -0.4 is 4.90 Å². The van der Waals surface area contributed by atoms with Crippen LogP contribution >= 0.6 is 0 Å². The van der Waals surface area contributed by atoms with E-state index in [-0.39, 0.29) is 25.2 Å². The van der Waals surface area contributed by atoms with Crippen molar-refractivity contribution in [2.45, 2.75) is 13.8 Å². The van der Waals surface area contributed by atoms with Crippen molar-refractivity contribution in [3.63, 3.8) is 0 Å². The monoisotopic (exact) mass is 289 g/mol. The molecule has 0 N–H and O–H groups in total. The van der Waals surface area contributed by atoms with Crippen molar-refractivity contribution in [2.75, 3.05) is 31.2 Å². The minimum Gasteiger partial charge on any atom is -0.464 e. The van der Waals surface area contributed by atoms with Gasteiger partial charge in [-0.05, 0) is 24.3 Å². The van der Waals surface area contributed by atoms with Crippen molar-refractivity contribution in [1.29, 1.82) is 0 Å². The maximum atomic E-state index is 10.8. The minimum absolute atomic E-state index is 0.270. The van der Waals surface area contributed by atoms with Gasteiger partial charge in [-0.3, -0.25) is 9.59 Å². The smallest absolute Gasteiger partial charge is 0.302 e. The van der Waals surface area contributed by atoms with E-state index in [0.29, 0.717) is 13.1 Å². The molecule has 0 aliphatic carbocycles. The number of esters is 2. The van der Waals surface area contributed by atoms with Gasteiger partial charge < -0.3 is 14.4 Å². The molecule has 1 aromatic rings. The Bertz CT molecular complexity index is 496. The Morgan fingerprint density at radius 2 is 1.52 bits per heavy atom. The third-order valence-electron chi connectivity index (χ3n) is 2.73. The maximum absolute atomic E-state index is 10.8. The molecule has 5 heteroatoms. The average molecular weight is 289 g/mol. The summed E-state index contributed by atoms with van der Waals surface area (Å²) in [4.78, 5) is 23.6. The van der Waals surface area contributed by atoms with E-state index < -0.39 is 0 Å². The highest BCUT2D eigenvalue weighted by Crippen LogP contribution is 2.14. The molecule has 0 radical (unpaired) electrons. The van der Waals surface area contributed by atoms with Gasteiger partial charge in [-0.15, -0.1) is 6.42 Å². The third-order valence-corrected chi connectivity index (χ3v) is 2.73. The molecule has 0 spiro atoms. The second-order valence-corrected chi connectivity index (χ2v) is 4.36. The molecule has 1 aromatic carbocycles. The molecule has 0 unspecified atom stereocenters. The summed E-state index contributed by atoms with van der Waals surface area (Å²) in [5, 5.41) is 0. The van der Waals surface area contributed by atoms with Crippen molar-refractivity contribution in [2.24, 2.45) is 0 Å². The second-order valence-electron chi connectivity index (χ2n) is 4.36. The topological polar surface area (TPSA) is 55.8 Å². The summed E-state index contributed by atoms with van der Waals surface area (Å²) in [5.74, 6) is 1.91. The van der Waals surface area contributed by atoms with Crippen LogP contribution in [-0.2, 0) is 19.1 Å². The van der Waals surface area contributed by atoms with Crippen molar-refractivity contribution < 1.29 is 19.1 Å². The predicted molar refractivity (Wildman–Crippen MR) is 79.9 cm³/mol. The molecule has 0 aliphatic rings. The van der Waals surface area contributed by atoms with Crippen LogP contribution in [0.1, 0.15) is 19.4 Å². The lowest BCUT2D eigenvalue weighted by molar-refractivity contribution is -0.141. The Morgan fingerprint density at radius 3 is 1.90 bits per heavy atom. The van der Waals surface area contributed by atoms with Crippen molar-refractivity contribution in [3.8, 4) is 12.3 Å². The lowest BCUT2D eigenvalue weighted by Crippen LogP contribution is -2.31. The molecular weight excluding hydrogens is 270 g/mol. The molecule has 0 fully saturated rings. The molecule has 5 nitrogen and oxygen atoms in total. The van der Waals surface area contributed by atoms with E-state index in [4.69, 9.17) is 15.9 Å². The summed E-state index contributed by atoms with van der Waals surface area (Å²) in [7, 11) is 0. The first kappa shape index (κ1) is 16.6. The van der Waals surface area contributed by atoms with Crippen LogP contribution in [0.4, 0.5) is 5.69 Å². The van der Waals surface area contributed by atoms with Crippen LogP contribution in [0.15, 0.2) is 24.3 Å². The van der Waals surface area contributed by atoms with Crippen LogP contribution in [0.5, 0.6) is 0 Å². The molecule has 0 atom stereocenters. The molecule has 0 heterocycles. The summed E-state index contributed by atoms with van der Waals surface area (Å²) in [6, 6.07) is 7.44. The number of terminal acetylenes is 1. The van der Waals surface area contributed by atoms with E-state index in [2.05, 4.69) is 5.92 Å². The first-order valence-corrected chi connectivity index (χ1v) is 6.61. The average Bonchev–Trinajstić information content (AvgIpc) is 2.45. The fraction of sp³-hybridized carbons (Fsp3) is 0.375. The predicted octanol–water partition coefficient (Wildman–Crippen LogP) is 1.60. The Morgan fingerprint density at radius 1 is 1.05 bits per heavy atom. The number of benzene rings is 1. The number of nitrogens with zero attached hydrogens (tertiary/aromatic N) is 1. The van der Waals surface area contributed by atoms with E-state index in [1.54, 1.807) is 0 Å². The van der Waals surface area contributed by atoms with Gasteiger partial charge in [0.15, 0.2) is 0 Å². The van der Waals surface area contributed by atoms with Gasteiger partial charge in [0.25, 0.3) is 0 Å². The number of ether oxygens (including phenoxy) is 2. The zero-order valence-electron chi connectivity index (χ0n) is 12.3.